The fourth-order valence-electron chi connectivity index (χ4n) is 3.51. The molecule has 3 aromatic heterocycles. The van der Waals surface area contributed by atoms with E-state index in [1.54, 1.807) is 16.6 Å². The Hall–Kier alpha value is -3.32. The highest BCUT2D eigenvalue weighted by Crippen LogP contribution is 2.30. The normalized spacial score (nSPS) is 14.4. The molecule has 4 aromatic rings. The molecule has 1 aliphatic rings. The Morgan fingerprint density at radius 1 is 1.00 bits per heavy atom. The number of aromatic nitrogens is 5. The lowest BCUT2D eigenvalue weighted by atomic mass is 9.98. The maximum atomic E-state index is 10.3. The van der Waals surface area contributed by atoms with E-state index in [9.17, 15) is 5.11 Å². The quantitative estimate of drug-likeness (QED) is 0.575. The lowest BCUT2D eigenvalue weighted by Gasteiger charge is -2.25. The van der Waals surface area contributed by atoms with Gasteiger partial charge in [-0.1, -0.05) is 0 Å². The van der Waals surface area contributed by atoms with Crippen LogP contribution in [0, 0.1) is 13.8 Å². The first kappa shape index (κ1) is 16.8. The summed E-state index contributed by atoms with van der Waals surface area (Å²) in [6.07, 6.45) is 1.90. The summed E-state index contributed by atoms with van der Waals surface area (Å²) in [5.74, 6) is 0.613. The number of nitrogens with zero attached hydrogens (tertiary/aromatic N) is 5. The number of imidazole rings is 1. The molecule has 0 amide bonds. The molecule has 1 saturated heterocycles. The number of phenols is 1. The van der Waals surface area contributed by atoms with Crippen LogP contribution in [0.2, 0.25) is 0 Å². The van der Waals surface area contributed by atoms with E-state index < -0.39 is 0 Å². The van der Waals surface area contributed by atoms with Gasteiger partial charge in [-0.3, -0.25) is 0 Å². The monoisotopic (exact) mass is 372 g/mol. The number of rotatable bonds is 3. The molecule has 4 heterocycles. The molecular formula is C21H20N6O. The minimum atomic E-state index is 0.169. The van der Waals surface area contributed by atoms with Gasteiger partial charge in [0.25, 0.3) is 0 Å². The number of aromatic hydroxyl groups is 1. The minimum absolute atomic E-state index is 0.169. The van der Waals surface area contributed by atoms with Crippen LogP contribution in [0.5, 0.6) is 5.75 Å². The molecule has 7 heteroatoms. The number of nitrogens with one attached hydrogen (secondary N) is 1. The standard InChI is InChI=1S/C21H20N6O/c1-12-5-20(26-27-11-13(2)23-21(12)27)15-6-14(7-17(28)8-15)18-3-4-19(25-24-18)16-9-22-10-16/h3-8,11,16,22,28H,9-10H2,1-2H3. The molecule has 0 aliphatic carbocycles. The van der Waals surface area contributed by atoms with Crippen LogP contribution in [0.4, 0.5) is 0 Å². The van der Waals surface area contributed by atoms with Crippen molar-refractivity contribution in [2.45, 2.75) is 19.8 Å². The van der Waals surface area contributed by atoms with E-state index in [1.165, 1.54) is 0 Å². The zero-order chi connectivity index (χ0) is 19.3. The van der Waals surface area contributed by atoms with Gasteiger partial charge in [-0.2, -0.15) is 15.3 Å². The number of phenolic OH excluding ortho intramolecular Hbond substituents is 1. The van der Waals surface area contributed by atoms with E-state index in [-0.39, 0.29) is 5.75 Å². The van der Waals surface area contributed by atoms with E-state index in [4.69, 9.17) is 0 Å². The highest BCUT2D eigenvalue weighted by atomic mass is 16.3. The summed E-state index contributed by atoms with van der Waals surface area (Å²) in [6.45, 7) is 5.86. The van der Waals surface area contributed by atoms with Gasteiger partial charge >= 0.3 is 0 Å². The molecule has 0 unspecified atom stereocenters. The number of hydrogen-bond donors (Lipinski definition) is 2. The van der Waals surface area contributed by atoms with Crippen LogP contribution in [0.3, 0.4) is 0 Å². The largest absolute Gasteiger partial charge is 0.508 e. The highest BCUT2D eigenvalue weighted by molar-refractivity contribution is 5.72. The Morgan fingerprint density at radius 3 is 2.46 bits per heavy atom. The molecular weight excluding hydrogens is 352 g/mol. The van der Waals surface area contributed by atoms with Gasteiger partial charge in [-0.25, -0.2) is 9.50 Å². The van der Waals surface area contributed by atoms with Crippen molar-refractivity contribution in [1.29, 1.82) is 0 Å². The molecule has 0 spiro atoms. The number of fused-ring (bicyclic) bond motifs is 1. The maximum absolute atomic E-state index is 10.3. The van der Waals surface area contributed by atoms with Gasteiger partial charge in [0, 0.05) is 30.1 Å². The van der Waals surface area contributed by atoms with Gasteiger partial charge in [-0.15, -0.1) is 0 Å². The lowest BCUT2D eigenvalue weighted by molar-refractivity contribution is 0.436. The third-order valence-corrected chi connectivity index (χ3v) is 5.12. The highest BCUT2D eigenvalue weighted by Gasteiger charge is 2.20. The lowest BCUT2D eigenvalue weighted by Crippen LogP contribution is -2.40. The van der Waals surface area contributed by atoms with E-state index in [1.807, 2.05) is 44.3 Å². The second-order valence-electron chi connectivity index (χ2n) is 7.33. The van der Waals surface area contributed by atoms with Crippen molar-refractivity contribution in [2.75, 3.05) is 13.1 Å². The summed E-state index contributed by atoms with van der Waals surface area (Å²) >= 11 is 0. The zero-order valence-electron chi connectivity index (χ0n) is 15.7. The van der Waals surface area contributed by atoms with Gasteiger partial charge in [0.05, 0.1) is 29.0 Å². The molecule has 0 saturated carbocycles. The molecule has 0 bridgehead atoms. The molecule has 7 nitrogen and oxygen atoms in total. The van der Waals surface area contributed by atoms with Crippen molar-refractivity contribution in [3.8, 4) is 28.3 Å². The summed E-state index contributed by atoms with van der Waals surface area (Å²) in [4.78, 5) is 4.49. The molecule has 0 radical (unpaired) electrons. The van der Waals surface area contributed by atoms with Crippen molar-refractivity contribution < 1.29 is 5.11 Å². The molecule has 1 aliphatic heterocycles. The van der Waals surface area contributed by atoms with Crippen LogP contribution < -0.4 is 5.32 Å². The van der Waals surface area contributed by atoms with Crippen molar-refractivity contribution in [3.63, 3.8) is 0 Å². The van der Waals surface area contributed by atoms with Crippen molar-refractivity contribution in [2.24, 2.45) is 0 Å². The average Bonchev–Trinajstić information content (AvgIpc) is 3.01. The summed E-state index contributed by atoms with van der Waals surface area (Å²) in [5.41, 5.74) is 6.91. The summed E-state index contributed by atoms with van der Waals surface area (Å²) in [5, 5.41) is 26.9. The smallest absolute Gasteiger partial charge is 0.156 e. The van der Waals surface area contributed by atoms with Crippen molar-refractivity contribution in [3.05, 3.63) is 59.5 Å². The molecule has 1 aromatic carbocycles. The molecule has 2 N–H and O–H groups in total. The number of aryl methyl sites for hydroxylation is 2. The Labute approximate surface area is 162 Å². The van der Waals surface area contributed by atoms with Crippen molar-refractivity contribution >= 4 is 5.65 Å². The first-order valence-electron chi connectivity index (χ1n) is 9.29. The van der Waals surface area contributed by atoms with E-state index in [0.29, 0.717) is 5.92 Å². The van der Waals surface area contributed by atoms with Crippen LogP contribution >= 0.6 is 0 Å². The predicted molar refractivity (Wildman–Crippen MR) is 106 cm³/mol. The van der Waals surface area contributed by atoms with E-state index >= 15 is 0 Å². The first-order valence-corrected chi connectivity index (χ1v) is 9.29. The van der Waals surface area contributed by atoms with Gasteiger partial charge in [-0.05, 0) is 55.8 Å². The first-order chi connectivity index (χ1) is 13.6. The number of hydrogen-bond acceptors (Lipinski definition) is 6. The van der Waals surface area contributed by atoms with E-state index in [2.05, 4.69) is 25.6 Å². The SMILES string of the molecule is Cc1cn2nc(-c3cc(O)cc(-c4ccc(C5CNC5)nn4)c3)cc(C)c2n1. The third-order valence-electron chi connectivity index (χ3n) is 5.12. The maximum Gasteiger partial charge on any atom is 0.156 e. The fourth-order valence-corrected chi connectivity index (χ4v) is 3.51. The summed E-state index contributed by atoms with van der Waals surface area (Å²) in [7, 11) is 0. The fraction of sp³-hybridized carbons (Fsp3) is 0.238. The summed E-state index contributed by atoms with van der Waals surface area (Å²) in [6, 6.07) is 11.3. The van der Waals surface area contributed by atoms with Crippen LogP contribution in [-0.4, -0.2) is 43.0 Å². The van der Waals surface area contributed by atoms with Crippen LogP contribution in [-0.2, 0) is 0 Å². The summed E-state index contributed by atoms with van der Waals surface area (Å²) < 4.78 is 1.78. The Morgan fingerprint density at radius 2 is 1.79 bits per heavy atom. The van der Waals surface area contributed by atoms with Crippen LogP contribution in [0.15, 0.2) is 42.6 Å². The molecule has 28 heavy (non-hydrogen) atoms. The average molecular weight is 372 g/mol. The zero-order valence-corrected chi connectivity index (χ0v) is 15.7. The van der Waals surface area contributed by atoms with Gasteiger partial charge < -0.3 is 10.4 Å². The Bertz CT molecular complexity index is 1180. The molecule has 1 fully saturated rings. The second-order valence-corrected chi connectivity index (χ2v) is 7.33. The minimum Gasteiger partial charge on any atom is -0.508 e. The Balaban J connectivity index is 1.55. The Kier molecular flexibility index (Phi) is 3.84. The third kappa shape index (κ3) is 2.90. The second kappa shape index (κ2) is 6.38. The topological polar surface area (TPSA) is 88.2 Å². The van der Waals surface area contributed by atoms with E-state index in [0.717, 1.165) is 58.2 Å². The van der Waals surface area contributed by atoms with Crippen LogP contribution in [0.25, 0.3) is 28.2 Å². The molecule has 5 rings (SSSR count). The van der Waals surface area contributed by atoms with Gasteiger partial charge in [0.1, 0.15) is 5.75 Å². The van der Waals surface area contributed by atoms with Crippen LogP contribution in [0.1, 0.15) is 22.9 Å². The molecule has 140 valence electrons. The molecule has 0 atom stereocenters. The van der Waals surface area contributed by atoms with Gasteiger partial charge in [0.2, 0.25) is 0 Å². The van der Waals surface area contributed by atoms with Crippen molar-refractivity contribution in [1.82, 2.24) is 30.1 Å². The predicted octanol–water partition coefficient (Wildman–Crippen LogP) is 2.86. The number of benzene rings is 1. The van der Waals surface area contributed by atoms with Gasteiger partial charge in [0.15, 0.2) is 5.65 Å².